The van der Waals surface area contributed by atoms with Crippen LogP contribution in [0.3, 0.4) is 0 Å². The summed E-state index contributed by atoms with van der Waals surface area (Å²) in [5, 5.41) is 8.74. The van der Waals surface area contributed by atoms with Crippen LogP contribution in [-0.2, 0) is 29.0 Å². The molecule has 0 amide bonds. The van der Waals surface area contributed by atoms with Crippen LogP contribution in [0.2, 0.25) is 0 Å². The maximum absolute atomic E-state index is 10.6. The van der Waals surface area contributed by atoms with Crippen LogP contribution in [0.25, 0.3) is 0 Å². The summed E-state index contributed by atoms with van der Waals surface area (Å²) in [6, 6.07) is 5.15. The topological polar surface area (TPSA) is 72.5 Å². The fourth-order valence-corrected chi connectivity index (χ4v) is 1.89. The van der Waals surface area contributed by atoms with E-state index >= 15 is 0 Å². The van der Waals surface area contributed by atoms with E-state index in [1.165, 1.54) is 11.1 Å². The zero-order valence-corrected chi connectivity index (χ0v) is 8.98. The second-order valence-corrected chi connectivity index (χ2v) is 4.05. The number of ether oxygens (including phenoxy) is 1. The van der Waals surface area contributed by atoms with Crippen molar-refractivity contribution in [1.82, 2.24) is 0 Å². The monoisotopic (exact) mass is 221 g/mol. The van der Waals surface area contributed by atoms with E-state index < -0.39 is 12.0 Å². The number of fused-ring (bicyclic) bond motifs is 1. The molecule has 1 aromatic rings. The molecule has 0 radical (unpaired) electrons. The van der Waals surface area contributed by atoms with Gasteiger partial charge < -0.3 is 15.6 Å². The number of hydrogen-bond donors (Lipinski definition) is 2. The number of aliphatic carboxylic acids is 1. The van der Waals surface area contributed by atoms with Crippen LogP contribution in [0.1, 0.15) is 16.7 Å². The van der Waals surface area contributed by atoms with Crippen molar-refractivity contribution in [2.24, 2.45) is 5.73 Å². The van der Waals surface area contributed by atoms with Gasteiger partial charge in [-0.1, -0.05) is 18.2 Å². The van der Waals surface area contributed by atoms with Crippen LogP contribution in [0.5, 0.6) is 0 Å². The summed E-state index contributed by atoms with van der Waals surface area (Å²) in [7, 11) is 0. The first-order valence-electron chi connectivity index (χ1n) is 5.33. The molecule has 0 fully saturated rings. The average molecular weight is 221 g/mol. The normalized spacial score (nSPS) is 16.6. The minimum absolute atomic E-state index is 0.378. The van der Waals surface area contributed by atoms with Gasteiger partial charge >= 0.3 is 5.97 Å². The molecule has 4 nitrogen and oxygen atoms in total. The van der Waals surface area contributed by atoms with Gasteiger partial charge in [-0.25, -0.2) is 0 Å². The third-order valence-corrected chi connectivity index (χ3v) is 2.82. The minimum Gasteiger partial charge on any atom is -0.480 e. The number of carboxylic acid groups (broad SMARTS) is 1. The largest absolute Gasteiger partial charge is 0.480 e. The van der Waals surface area contributed by atoms with Gasteiger partial charge in [0.25, 0.3) is 0 Å². The number of carboxylic acids is 1. The van der Waals surface area contributed by atoms with Crippen LogP contribution in [0.15, 0.2) is 18.2 Å². The van der Waals surface area contributed by atoms with Crippen LogP contribution in [-0.4, -0.2) is 23.7 Å². The van der Waals surface area contributed by atoms with Crippen molar-refractivity contribution < 1.29 is 14.6 Å². The second kappa shape index (κ2) is 4.63. The van der Waals surface area contributed by atoms with E-state index in [0.29, 0.717) is 13.0 Å². The predicted octanol–water partition coefficient (Wildman–Crippen LogP) is 0.714. The molecule has 4 heteroatoms. The van der Waals surface area contributed by atoms with Gasteiger partial charge in [-0.15, -0.1) is 0 Å². The van der Waals surface area contributed by atoms with Crippen LogP contribution in [0, 0.1) is 0 Å². The summed E-state index contributed by atoms with van der Waals surface area (Å²) >= 11 is 0. The Morgan fingerprint density at radius 3 is 3.06 bits per heavy atom. The smallest absolute Gasteiger partial charge is 0.320 e. The molecule has 1 aliphatic heterocycles. The Hall–Kier alpha value is -1.39. The van der Waals surface area contributed by atoms with Crippen LogP contribution in [0.4, 0.5) is 0 Å². The van der Waals surface area contributed by atoms with E-state index in [2.05, 4.69) is 0 Å². The van der Waals surface area contributed by atoms with E-state index in [-0.39, 0.29) is 0 Å². The molecule has 1 heterocycles. The highest BCUT2D eigenvalue weighted by molar-refractivity contribution is 5.73. The molecule has 2 rings (SSSR count). The minimum atomic E-state index is -0.957. The predicted molar refractivity (Wildman–Crippen MR) is 59.1 cm³/mol. The number of hydrogen-bond acceptors (Lipinski definition) is 3. The summed E-state index contributed by atoms with van der Waals surface area (Å²) in [6.07, 6.45) is 1.27. The Balaban J connectivity index is 2.14. The highest BCUT2D eigenvalue weighted by Crippen LogP contribution is 2.18. The molecule has 1 atom stereocenters. The Morgan fingerprint density at radius 2 is 2.31 bits per heavy atom. The molecule has 0 aliphatic carbocycles. The zero-order valence-electron chi connectivity index (χ0n) is 8.98. The van der Waals surface area contributed by atoms with E-state index in [0.717, 1.165) is 18.6 Å². The van der Waals surface area contributed by atoms with Gasteiger partial charge in [-0.3, -0.25) is 4.79 Å². The first-order chi connectivity index (χ1) is 7.66. The zero-order chi connectivity index (χ0) is 11.5. The molecule has 0 spiro atoms. The van der Waals surface area contributed by atoms with Crippen LogP contribution >= 0.6 is 0 Å². The van der Waals surface area contributed by atoms with E-state index in [1.54, 1.807) is 0 Å². The third kappa shape index (κ3) is 2.40. The first kappa shape index (κ1) is 11.1. The summed E-state index contributed by atoms with van der Waals surface area (Å²) < 4.78 is 5.34. The molecule has 16 heavy (non-hydrogen) atoms. The maximum Gasteiger partial charge on any atom is 0.320 e. The Bertz CT molecular complexity index is 403. The maximum atomic E-state index is 10.6. The number of nitrogens with two attached hydrogens (primary N) is 1. The Labute approximate surface area is 94.0 Å². The van der Waals surface area contributed by atoms with Crippen molar-refractivity contribution >= 4 is 5.97 Å². The lowest BCUT2D eigenvalue weighted by atomic mass is 9.97. The fourth-order valence-electron chi connectivity index (χ4n) is 1.89. The molecule has 1 aliphatic rings. The van der Waals surface area contributed by atoms with Gasteiger partial charge in [0.1, 0.15) is 6.04 Å². The molecule has 0 saturated heterocycles. The number of benzene rings is 1. The summed E-state index contributed by atoms with van der Waals surface area (Å²) in [5.74, 6) is -0.957. The van der Waals surface area contributed by atoms with Gasteiger partial charge in [0.2, 0.25) is 0 Å². The lowest BCUT2D eigenvalue weighted by molar-refractivity contribution is -0.138. The fraction of sp³-hybridized carbons (Fsp3) is 0.417. The van der Waals surface area contributed by atoms with Crippen molar-refractivity contribution in [3.05, 3.63) is 34.9 Å². The standard InChI is InChI=1S/C12H15NO3/c13-11(12(14)15)6-8-1-2-10-7-16-4-3-9(10)5-8/h1-2,5,11H,3-4,6-7,13H2,(H,14,15). The molecule has 1 aromatic carbocycles. The first-order valence-corrected chi connectivity index (χ1v) is 5.33. The lowest BCUT2D eigenvalue weighted by Gasteiger charge is -2.17. The molecule has 0 bridgehead atoms. The van der Waals surface area contributed by atoms with Gasteiger partial charge in [0.15, 0.2) is 0 Å². The van der Waals surface area contributed by atoms with Gasteiger partial charge in [0, 0.05) is 0 Å². The SMILES string of the molecule is NC(Cc1ccc2c(c1)CCOC2)C(=O)O. The van der Waals surface area contributed by atoms with Crippen molar-refractivity contribution in [2.75, 3.05) is 6.61 Å². The Morgan fingerprint density at radius 1 is 1.50 bits per heavy atom. The summed E-state index contributed by atoms with van der Waals surface area (Å²) in [6.45, 7) is 1.39. The van der Waals surface area contributed by atoms with Crippen molar-refractivity contribution in [3.63, 3.8) is 0 Å². The van der Waals surface area contributed by atoms with Crippen molar-refractivity contribution in [3.8, 4) is 0 Å². The lowest BCUT2D eigenvalue weighted by Crippen LogP contribution is -2.32. The highest BCUT2D eigenvalue weighted by Gasteiger charge is 2.14. The summed E-state index contributed by atoms with van der Waals surface area (Å²) in [5.41, 5.74) is 8.93. The molecule has 0 aromatic heterocycles. The molecular weight excluding hydrogens is 206 g/mol. The molecule has 86 valence electrons. The molecule has 1 unspecified atom stereocenters. The number of carbonyl (C=O) groups is 1. The van der Waals surface area contributed by atoms with Crippen molar-refractivity contribution in [2.45, 2.75) is 25.5 Å². The quantitative estimate of drug-likeness (QED) is 0.788. The van der Waals surface area contributed by atoms with E-state index in [9.17, 15) is 4.79 Å². The second-order valence-electron chi connectivity index (χ2n) is 4.05. The number of rotatable bonds is 3. The molecule has 0 saturated carbocycles. The van der Waals surface area contributed by atoms with E-state index in [4.69, 9.17) is 15.6 Å². The van der Waals surface area contributed by atoms with Gasteiger partial charge in [0.05, 0.1) is 13.2 Å². The highest BCUT2D eigenvalue weighted by atomic mass is 16.5. The van der Waals surface area contributed by atoms with Crippen LogP contribution < -0.4 is 5.73 Å². The Kier molecular flexibility index (Phi) is 3.22. The van der Waals surface area contributed by atoms with Gasteiger partial charge in [-0.05, 0) is 29.5 Å². The van der Waals surface area contributed by atoms with Crippen molar-refractivity contribution in [1.29, 1.82) is 0 Å². The van der Waals surface area contributed by atoms with Gasteiger partial charge in [-0.2, -0.15) is 0 Å². The summed E-state index contributed by atoms with van der Waals surface area (Å²) in [4.78, 5) is 10.6. The average Bonchev–Trinajstić information content (AvgIpc) is 2.28. The van der Waals surface area contributed by atoms with E-state index in [1.807, 2.05) is 18.2 Å². The third-order valence-electron chi connectivity index (χ3n) is 2.82. The molecular formula is C12H15NO3. The molecule has 3 N–H and O–H groups in total.